The molecule has 0 heterocycles. The van der Waals surface area contributed by atoms with Gasteiger partial charge in [0.15, 0.2) is 0 Å². The summed E-state index contributed by atoms with van der Waals surface area (Å²) in [5, 5.41) is 34.8. The SMILES string of the molecule is CC(C)=CCC[C@](C)(O)[C@@H]1CC[C@]2(C)[C@H]1[C@H](O)C[C@@H]1[C@@]3(C)[C@H](O)CC(=O)C(C)(C)[C@@H]3CC[C@]12C. The lowest BCUT2D eigenvalue weighted by Gasteiger charge is -2.70. The molecule has 4 rings (SSSR count). The maximum absolute atomic E-state index is 12.9. The van der Waals surface area contributed by atoms with E-state index < -0.39 is 23.2 Å². The van der Waals surface area contributed by atoms with E-state index in [9.17, 15) is 20.1 Å². The minimum atomic E-state index is -0.807. The molecule has 34 heavy (non-hydrogen) atoms. The highest BCUT2D eigenvalue weighted by molar-refractivity contribution is 5.86. The molecule has 194 valence electrons. The molecule has 0 saturated heterocycles. The number of aliphatic hydroxyl groups excluding tert-OH is 2. The minimum absolute atomic E-state index is 0.0374. The van der Waals surface area contributed by atoms with Crippen molar-refractivity contribution in [3.8, 4) is 0 Å². The molecule has 0 amide bonds. The Balaban J connectivity index is 1.70. The summed E-state index contributed by atoms with van der Waals surface area (Å²) in [6, 6.07) is 0. The van der Waals surface area contributed by atoms with Crippen LogP contribution in [-0.2, 0) is 4.79 Å². The zero-order valence-electron chi connectivity index (χ0n) is 22.9. The fraction of sp³-hybridized carbons (Fsp3) is 0.900. The molecule has 4 aliphatic rings. The first kappa shape index (κ1) is 26.4. The highest BCUT2D eigenvalue weighted by Gasteiger charge is 2.72. The third kappa shape index (κ3) is 3.44. The Labute approximate surface area is 207 Å². The van der Waals surface area contributed by atoms with Gasteiger partial charge in [-0.15, -0.1) is 0 Å². The first-order valence-corrected chi connectivity index (χ1v) is 13.8. The van der Waals surface area contributed by atoms with Gasteiger partial charge in [0.2, 0.25) is 0 Å². The molecule has 4 fully saturated rings. The van der Waals surface area contributed by atoms with Crippen LogP contribution in [0.4, 0.5) is 0 Å². The summed E-state index contributed by atoms with van der Waals surface area (Å²) >= 11 is 0. The quantitative estimate of drug-likeness (QED) is 0.458. The minimum Gasteiger partial charge on any atom is -0.393 e. The monoisotopic (exact) mass is 474 g/mol. The number of ketones is 1. The molecule has 10 atom stereocenters. The van der Waals surface area contributed by atoms with Gasteiger partial charge in [-0.05, 0) is 100 Å². The fourth-order valence-corrected chi connectivity index (χ4v) is 10.0. The third-order valence-electron chi connectivity index (χ3n) is 12.3. The molecule has 0 aliphatic heterocycles. The molecule has 0 aromatic heterocycles. The van der Waals surface area contributed by atoms with Crippen LogP contribution in [0.2, 0.25) is 0 Å². The number of carbonyl (C=O) groups excluding carboxylic acids is 1. The van der Waals surface area contributed by atoms with Gasteiger partial charge < -0.3 is 15.3 Å². The molecule has 4 aliphatic carbocycles. The van der Waals surface area contributed by atoms with Gasteiger partial charge in [-0.2, -0.15) is 0 Å². The summed E-state index contributed by atoms with van der Waals surface area (Å²) in [5.41, 5.74) is -0.492. The first-order chi connectivity index (χ1) is 15.5. The van der Waals surface area contributed by atoms with Crippen molar-refractivity contribution < 1.29 is 20.1 Å². The van der Waals surface area contributed by atoms with Crippen molar-refractivity contribution in [1.82, 2.24) is 0 Å². The highest BCUT2D eigenvalue weighted by Crippen LogP contribution is 2.75. The van der Waals surface area contributed by atoms with Crippen LogP contribution < -0.4 is 0 Å². The number of fused-ring (bicyclic) bond motifs is 5. The molecule has 4 nitrogen and oxygen atoms in total. The van der Waals surface area contributed by atoms with Crippen LogP contribution in [0.5, 0.6) is 0 Å². The molecule has 3 N–H and O–H groups in total. The van der Waals surface area contributed by atoms with E-state index in [4.69, 9.17) is 0 Å². The lowest BCUT2D eigenvalue weighted by Crippen LogP contribution is -2.69. The normalized spacial score (nSPS) is 49.4. The van der Waals surface area contributed by atoms with Gasteiger partial charge in [-0.1, -0.05) is 46.3 Å². The predicted octanol–water partition coefficient (Wildman–Crippen LogP) is 5.68. The Morgan fingerprint density at radius 1 is 1.03 bits per heavy atom. The van der Waals surface area contributed by atoms with Crippen LogP contribution in [0, 0.1) is 45.3 Å². The average molecular weight is 475 g/mol. The van der Waals surface area contributed by atoms with E-state index in [1.807, 2.05) is 6.92 Å². The van der Waals surface area contributed by atoms with Crippen molar-refractivity contribution in [2.45, 2.75) is 125 Å². The molecule has 0 aromatic rings. The van der Waals surface area contributed by atoms with E-state index >= 15 is 0 Å². The van der Waals surface area contributed by atoms with Gasteiger partial charge >= 0.3 is 0 Å². The Morgan fingerprint density at radius 3 is 2.26 bits per heavy atom. The van der Waals surface area contributed by atoms with E-state index in [-0.39, 0.29) is 52.1 Å². The van der Waals surface area contributed by atoms with Crippen LogP contribution in [-0.4, -0.2) is 38.9 Å². The zero-order chi connectivity index (χ0) is 25.5. The second kappa shape index (κ2) is 8.15. The number of rotatable bonds is 4. The number of allylic oxidation sites excluding steroid dienone is 2. The maximum Gasteiger partial charge on any atom is 0.141 e. The standard InChI is InChI=1S/C30H50O4/c1-18(2)10-9-13-29(7,34)19-11-14-28(6)25(19)20(31)16-22-27(28,5)15-12-21-26(3,4)23(32)17-24(33)30(21,22)8/h10,19-22,24-25,31,33-34H,9,11-17H2,1-8H3/t19-,20-,21+,22+,24-,25-,27-,28-,29+,30+/m1/s1. The van der Waals surface area contributed by atoms with Crippen molar-refractivity contribution in [3.05, 3.63) is 11.6 Å². The van der Waals surface area contributed by atoms with Crippen LogP contribution in [0.3, 0.4) is 0 Å². The number of hydrogen-bond acceptors (Lipinski definition) is 4. The van der Waals surface area contributed by atoms with Gasteiger partial charge in [-0.25, -0.2) is 0 Å². The highest BCUT2D eigenvalue weighted by atomic mass is 16.3. The largest absolute Gasteiger partial charge is 0.393 e. The molecule has 0 spiro atoms. The van der Waals surface area contributed by atoms with Crippen molar-refractivity contribution in [2.24, 2.45) is 45.3 Å². The van der Waals surface area contributed by atoms with E-state index in [0.29, 0.717) is 6.42 Å². The van der Waals surface area contributed by atoms with Gasteiger partial charge in [0, 0.05) is 17.3 Å². The van der Waals surface area contributed by atoms with Gasteiger partial charge in [0.25, 0.3) is 0 Å². The molecular weight excluding hydrogens is 424 g/mol. The second-order valence-electron chi connectivity index (χ2n) is 14.4. The molecule has 0 bridgehead atoms. The summed E-state index contributed by atoms with van der Waals surface area (Å²) in [7, 11) is 0. The van der Waals surface area contributed by atoms with Crippen molar-refractivity contribution in [1.29, 1.82) is 0 Å². The lowest BCUT2D eigenvalue weighted by molar-refractivity contribution is -0.254. The Hall–Kier alpha value is -0.710. The Kier molecular flexibility index (Phi) is 6.32. The summed E-state index contributed by atoms with van der Waals surface area (Å²) in [5.74, 6) is 0.610. The topological polar surface area (TPSA) is 77.8 Å². The fourth-order valence-electron chi connectivity index (χ4n) is 10.0. The van der Waals surface area contributed by atoms with Gasteiger partial charge in [0.1, 0.15) is 5.78 Å². The van der Waals surface area contributed by atoms with E-state index in [0.717, 1.165) is 38.5 Å². The van der Waals surface area contributed by atoms with Crippen LogP contribution in [0.25, 0.3) is 0 Å². The Morgan fingerprint density at radius 2 is 1.65 bits per heavy atom. The second-order valence-corrected chi connectivity index (χ2v) is 14.4. The zero-order valence-corrected chi connectivity index (χ0v) is 22.9. The van der Waals surface area contributed by atoms with Crippen molar-refractivity contribution >= 4 is 5.78 Å². The molecule has 0 aromatic carbocycles. The van der Waals surface area contributed by atoms with Crippen molar-refractivity contribution in [3.63, 3.8) is 0 Å². The number of carbonyl (C=O) groups is 1. The average Bonchev–Trinajstić information content (AvgIpc) is 3.09. The molecule has 4 saturated carbocycles. The van der Waals surface area contributed by atoms with Crippen LogP contribution in [0.15, 0.2) is 11.6 Å². The summed E-state index contributed by atoms with van der Waals surface area (Å²) in [6.07, 6.45) is 7.43. The van der Waals surface area contributed by atoms with Crippen LogP contribution in [0.1, 0.15) is 107 Å². The van der Waals surface area contributed by atoms with E-state index in [1.165, 1.54) is 5.57 Å². The smallest absolute Gasteiger partial charge is 0.141 e. The van der Waals surface area contributed by atoms with Crippen LogP contribution >= 0.6 is 0 Å². The van der Waals surface area contributed by atoms with Gasteiger partial charge in [-0.3, -0.25) is 4.79 Å². The van der Waals surface area contributed by atoms with Crippen molar-refractivity contribution in [2.75, 3.05) is 0 Å². The van der Waals surface area contributed by atoms with E-state index in [2.05, 4.69) is 54.5 Å². The molecule has 4 heteroatoms. The predicted molar refractivity (Wildman–Crippen MR) is 136 cm³/mol. The third-order valence-corrected chi connectivity index (χ3v) is 12.3. The lowest BCUT2D eigenvalue weighted by atomic mass is 9.34. The van der Waals surface area contributed by atoms with Gasteiger partial charge in [0.05, 0.1) is 17.8 Å². The summed E-state index contributed by atoms with van der Waals surface area (Å²) in [4.78, 5) is 12.9. The molecule has 0 unspecified atom stereocenters. The van der Waals surface area contributed by atoms with E-state index in [1.54, 1.807) is 0 Å². The Bertz CT molecular complexity index is 854. The summed E-state index contributed by atoms with van der Waals surface area (Å²) in [6.45, 7) is 17.3. The molecular formula is C30H50O4. The maximum atomic E-state index is 12.9. The molecule has 0 radical (unpaired) electrons. The number of aliphatic hydroxyl groups is 3. The first-order valence-electron chi connectivity index (χ1n) is 13.8. The number of Topliss-reactive ketones (excluding diaryl/α,β-unsaturated/α-hetero) is 1. The number of hydrogen-bond donors (Lipinski definition) is 3. The summed E-state index contributed by atoms with van der Waals surface area (Å²) < 4.78 is 0.